The zero-order valence-electron chi connectivity index (χ0n) is 12.6. The molecule has 0 aliphatic carbocycles. The summed E-state index contributed by atoms with van der Waals surface area (Å²) in [4.78, 5) is 23.7. The van der Waals surface area contributed by atoms with Gasteiger partial charge in [0.1, 0.15) is 11.5 Å². The Kier molecular flexibility index (Phi) is 4.30. The van der Waals surface area contributed by atoms with Crippen molar-refractivity contribution in [2.75, 3.05) is 0 Å². The number of aryl methyl sites for hydroxylation is 1. The lowest BCUT2D eigenvalue weighted by Crippen LogP contribution is -2.06. The number of carbonyl (C=O) groups is 1. The van der Waals surface area contributed by atoms with Gasteiger partial charge in [-0.05, 0) is 49.1 Å². The zero-order valence-corrected chi connectivity index (χ0v) is 13.4. The summed E-state index contributed by atoms with van der Waals surface area (Å²) in [5, 5.41) is 1.97. The van der Waals surface area contributed by atoms with E-state index in [0.717, 1.165) is 16.5 Å². The summed E-state index contributed by atoms with van der Waals surface area (Å²) in [5.74, 6) is 0.606. The lowest BCUT2D eigenvalue weighted by atomic mass is 9.97. The second-order valence-electron chi connectivity index (χ2n) is 5.45. The summed E-state index contributed by atoms with van der Waals surface area (Å²) in [6.45, 7) is 1.56. The molecule has 4 heteroatoms. The standard InChI is InChI=1S/C19H15ClO3/c1-12(21)6-11-16-15-4-2-3-5-17(15)19(22)23-18(16)13-7-9-14(20)10-8-13/h2-5,7-10H,6,11H2,1H3. The van der Waals surface area contributed by atoms with Crippen LogP contribution in [0.4, 0.5) is 0 Å². The van der Waals surface area contributed by atoms with E-state index in [1.807, 2.05) is 24.3 Å². The van der Waals surface area contributed by atoms with Gasteiger partial charge in [0, 0.05) is 22.6 Å². The largest absolute Gasteiger partial charge is 0.422 e. The van der Waals surface area contributed by atoms with E-state index in [2.05, 4.69) is 0 Å². The third-order valence-electron chi connectivity index (χ3n) is 3.77. The van der Waals surface area contributed by atoms with Gasteiger partial charge in [0.25, 0.3) is 0 Å². The number of fused-ring (bicyclic) bond motifs is 1. The minimum absolute atomic E-state index is 0.0994. The molecule has 0 unspecified atom stereocenters. The van der Waals surface area contributed by atoms with Crippen LogP contribution in [0.5, 0.6) is 0 Å². The predicted molar refractivity (Wildman–Crippen MR) is 91.9 cm³/mol. The highest BCUT2D eigenvalue weighted by atomic mass is 35.5. The van der Waals surface area contributed by atoms with Crippen LogP contribution in [0.2, 0.25) is 5.02 Å². The van der Waals surface area contributed by atoms with Gasteiger partial charge < -0.3 is 9.21 Å². The molecular formula is C19H15ClO3. The molecule has 0 aliphatic rings. The van der Waals surface area contributed by atoms with E-state index >= 15 is 0 Å². The monoisotopic (exact) mass is 326 g/mol. The summed E-state index contributed by atoms with van der Waals surface area (Å²) in [5.41, 5.74) is 1.27. The van der Waals surface area contributed by atoms with Gasteiger partial charge in [-0.3, -0.25) is 0 Å². The Hall–Kier alpha value is -2.39. The first-order valence-corrected chi connectivity index (χ1v) is 7.74. The molecule has 1 heterocycles. The molecular weight excluding hydrogens is 312 g/mol. The Labute approximate surface area is 138 Å². The summed E-state index contributed by atoms with van der Waals surface area (Å²) >= 11 is 5.93. The molecule has 0 N–H and O–H groups in total. The molecule has 0 atom stereocenters. The maximum atomic E-state index is 12.3. The van der Waals surface area contributed by atoms with Crippen molar-refractivity contribution in [2.45, 2.75) is 19.8 Å². The molecule has 23 heavy (non-hydrogen) atoms. The minimum atomic E-state index is -0.378. The molecule has 0 saturated carbocycles. The van der Waals surface area contributed by atoms with E-state index in [1.54, 1.807) is 31.2 Å². The number of hydrogen-bond acceptors (Lipinski definition) is 3. The van der Waals surface area contributed by atoms with Gasteiger partial charge in [-0.15, -0.1) is 0 Å². The number of hydrogen-bond donors (Lipinski definition) is 0. The van der Waals surface area contributed by atoms with Crippen LogP contribution in [0.3, 0.4) is 0 Å². The smallest absolute Gasteiger partial charge is 0.344 e. The fourth-order valence-corrected chi connectivity index (χ4v) is 2.77. The first-order valence-electron chi connectivity index (χ1n) is 7.36. The molecule has 1 aromatic heterocycles. The SMILES string of the molecule is CC(=O)CCc1c(-c2ccc(Cl)cc2)oc(=O)c2ccccc12. The van der Waals surface area contributed by atoms with Crippen LogP contribution >= 0.6 is 11.6 Å². The molecule has 0 amide bonds. The summed E-state index contributed by atoms with van der Waals surface area (Å²) in [6.07, 6.45) is 0.926. The maximum Gasteiger partial charge on any atom is 0.344 e. The van der Waals surface area contributed by atoms with Crippen molar-refractivity contribution in [2.24, 2.45) is 0 Å². The Balaban J connectivity index is 2.26. The number of halogens is 1. The predicted octanol–water partition coefficient (Wildman–Crippen LogP) is 4.64. The van der Waals surface area contributed by atoms with E-state index in [0.29, 0.717) is 29.0 Å². The van der Waals surface area contributed by atoms with Crippen LogP contribution in [0.25, 0.3) is 22.1 Å². The molecule has 0 radical (unpaired) electrons. The van der Waals surface area contributed by atoms with Gasteiger partial charge in [0.2, 0.25) is 0 Å². The van der Waals surface area contributed by atoms with Gasteiger partial charge in [-0.1, -0.05) is 29.8 Å². The Bertz CT molecular complexity index is 923. The molecule has 0 bridgehead atoms. The first-order chi connectivity index (χ1) is 11.1. The fraction of sp³-hybridized carbons (Fsp3) is 0.158. The molecule has 0 spiro atoms. The maximum absolute atomic E-state index is 12.3. The average Bonchev–Trinajstić information content (AvgIpc) is 2.54. The number of rotatable bonds is 4. The van der Waals surface area contributed by atoms with Crippen LogP contribution in [0.15, 0.2) is 57.7 Å². The molecule has 3 nitrogen and oxygen atoms in total. The van der Waals surface area contributed by atoms with Gasteiger partial charge >= 0.3 is 5.63 Å². The Morgan fingerprint density at radius 3 is 2.35 bits per heavy atom. The van der Waals surface area contributed by atoms with Gasteiger partial charge in [0.05, 0.1) is 5.39 Å². The second-order valence-corrected chi connectivity index (χ2v) is 5.89. The summed E-state index contributed by atoms with van der Waals surface area (Å²) < 4.78 is 5.57. The third kappa shape index (κ3) is 3.20. The number of benzene rings is 2. The fourth-order valence-electron chi connectivity index (χ4n) is 2.64. The van der Waals surface area contributed by atoms with E-state index < -0.39 is 0 Å². The molecule has 0 saturated heterocycles. The molecule has 3 rings (SSSR count). The van der Waals surface area contributed by atoms with Gasteiger partial charge in [-0.2, -0.15) is 0 Å². The van der Waals surface area contributed by atoms with Crippen molar-refractivity contribution in [1.82, 2.24) is 0 Å². The van der Waals surface area contributed by atoms with Gasteiger partial charge in [0.15, 0.2) is 0 Å². The number of ketones is 1. The normalized spacial score (nSPS) is 10.9. The quantitative estimate of drug-likeness (QED) is 0.702. The third-order valence-corrected chi connectivity index (χ3v) is 4.03. The second kappa shape index (κ2) is 6.39. The summed E-state index contributed by atoms with van der Waals surface area (Å²) in [7, 11) is 0. The highest BCUT2D eigenvalue weighted by molar-refractivity contribution is 6.30. The minimum Gasteiger partial charge on any atom is -0.422 e. The molecule has 0 aliphatic heterocycles. The van der Waals surface area contributed by atoms with Crippen LogP contribution in [0.1, 0.15) is 18.9 Å². The zero-order chi connectivity index (χ0) is 16.4. The average molecular weight is 327 g/mol. The lowest BCUT2D eigenvalue weighted by molar-refractivity contribution is -0.116. The lowest BCUT2D eigenvalue weighted by Gasteiger charge is -2.11. The van der Waals surface area contributed by atoms with Crippen molar-refractivity contribution in [3.8, 4) is 11.3 Å². The van der Waals surface area contributed by atoms with E-state index in [-0.39, 0.29) is 11.4 Å². The number of Topliss-reactive ketones (excluding diaryl/α,β-unsaturated/α-hetero) is 1. The van der Waals surface area contributed by atoms with E-state index in [4.69, 9.17) is 16.0 Å². The van der Waals surface area contributed by atoms with Crippen molar-refractivity contribution in [1.29, 1.82) is 0 Å². The van der Waals surface area contributed by atoms with Crippen molar-refractivity contribution in [3.63, 3.8) is 0 Å². The van der Waals surface area contributed by atoms with Crippen molar-refractivity contribution in [3.05, 3.63) is 69.5 Å². The molecule has 116 valence electrons. The molecule has 3 aromatic rings. The molecule has 2 aromatic carbocycles. The van der Waals surface area contributed by atoms with Crippen molar-refractivity contribution >= 4 is 28.2 Å². The highest BCUT2D eigenvalue weighted by Crippen LogP contribution is 2.30. The molecule has 0 fully saturated rings. The highest BCUT2D eigenvalue weighted by Gasteiger charge is 2.15. The van der Waals surface area contributed by atoms with Crippen LogP contribution in [0, 0.1) is 0 Å². The van der Waals surface area contributed by atoms with Crippen LogP contribution in [-0.4, -0.2) is 5.78 Å². The van der Waals surface area contributed by atoms with E-state index in [1.165, 1.54) is 0 Å². The summed E-state index contributed by atoms with van der Waals surface area (Å²) in [6, 6.07) is 14.4. The van der Waals surface area contributed by atoms with Gasteiger partial charge in [-0.25, -0.2) is 4.79 Å². The van der Waals surface area contributed by atoms with Crippen LogP contribution in [-0.2, 0) is 11.2 Å². The topological polar surface area (TPSA) is 47.3 Å². The van der Waals surface area contributed by atoms with E-state index in [9.17, 15) is 9.59 Å². The number of carbonyl (C=O) groups excluding carboxylic acids is 1. The Morgan fingerprint density at radius 1 is 1.04 bits per heavy atom. The first kappa shape index (κ1) is 15.5. The van der Waals surface area contributed by atoms with Crippen molar-refractivity contribution < 1.29 is 9.21 Å². The Morgan fingerprint density at radius 2 is 1.70 bits per heavy atom. The van der Waals surface area contributed by atoms with Crippen LogP contribution < -0.4 is 5.63 Å².